The van der Waals surface area contributed by atoms with E-state index in [0.717, 1.165) is 42.1 Å². The highest BCUT2D eigenvalue weighted by Crippen LogP contribution is 2.61. The van der Waals surface area contributed by atoms with Gasteiger partial charge in [0.15, 0.2) is 0 Å². The Morgan fingerprint density at radius 3 is 2.21 bits per heavy atom. The van der Waals surface area contributed by atoms with E-state index in [0.29, 0.717) is 11.1 Å². The molecule has 182 valence electrons. The van der Waals surface area contributed by atoms with Gasteiger partial charge in [-0.15, -0.1) is 0 Å². The first-order chi connectivity index (χ1) is 16.6. The number of benzene rings is 2. The van der Waals surface area contributed by atoms with Crippen LogP contribution in [0.15, 0.2) is 47.5 Å². The van der Waals surface area contributed by atoms with Crippen molar-refractivity contribution in [2.24, 2.45) is 22.7 Å². The van der Waals surface area contributed by atoms with E-state index in [2.05, 4.69) is 24.0 Å². The van der Waals surface area contributed by atoms with Crippen molar-refractivity contribution < 1.29 is 9.84 Å². The normalized spacial score (nSPS) is 27.5. The first-order valence-corrected chi connectivity index (χ1v) is 13.7. The van der Waals surface area contributed by atoms with Crippen LogP contribution in [0.3, 0.4) is 0 Å². The summed E-state index contributed by atoms with van der Waals surface area (Å²) in [4.78, 5) is 4.69. The quantitative estimate of drug-likeness (QED) is 0.271. The second-order valence-electron chi connectivity index (χ2n) is 11.3. The molecule has 0 aromatic heterocycles. The summed E-state index contributed by atoms with van der Waals surface area (Å²) in [6, 6.07) is 14.3. The predicted molar refractivity (Wildman–Crippen MR) is 141 cm³/mol. The van der Waals surface area contributed by atoms with Crippen molar-refractivity contribution in [1.29, 1.82) is 0 Å². The second kappa shape index (κ2) is 10.5. The molecule has 0 radical (unpaired) electrons. The third-order valence-electron chi connectivity index (χ3n) is 8.63. The summed E-state index contributed by atoms with van der Waals surface area (Å²) in [5.74, 6) is 3.91. The van der Waals surface area contributed by atoms with Gasteiger partial charge in [-0.3, -0.25) is 4.99 Å². The Labute approximate surface area is 205 Å². The SMILES string of the molecule is CCCCCCCCOc1ccc(C=Nc2cc(C34CC5CC(CC(C5)C3)C4)ccc2O)cc1. The molecule has 2 aromatic rings. The first-order valence-electron chi connectivity index (χ1n) is 13.7. The van der Waals surface area contributed by atoms with Crippen LogP contribution in [0.1, 0.15) is 95.1 Å². The summed E-state index contributed by atoms with van der Waals surface area (Å²) >= 11 is 0. The lowest BCUT2D eigenvalue weighted by Crippen LogP contribution is -2.48. The standard InChI is InChI=1S/C31H41NO2/c1-2-3-4-5-6-7-14-34-28-11-8-23(9-12-28)22-32-29-18-27(10-13-30(29)33)31-19-24-15-25(20-31)17-26(16-24)21-31/h8-13,18,22,24-26,33H,2-7,14-17,19-21H2,1H3. The lowest BCUT2D eigenvalue weighted by atomic mass is 9.48. The van der Waals surface area contributed by atoms with E-state index in [1.54, 1.807) is 0 Å². The van der Waals surface area contributed by atoms with Crippen molar-refractivity contribution in [1.82, 2.24) is 0 Å². The lowest BCUT2D eigenvalue weighted by molar-refractivity contribution is -0.00518. The Bertz CT molecular complexity index is 942. The molecule has 0 aliphatic heterocycles. The van der Waals surface area contributed by atoms with E-state index >= 15 is 0 Å². The molecule has 0 spiro atoms. The molecule has 6 rings (SSSR count). The number of aliphatic imine (C=N–C) groups is 1. The molecule has 4 aliphatic carbocycles. The van der Waals surface area contributed by atoms with Gasteiger partial charge < -0.3 is 9.84 Å². The second-order valence-corrected chi connectivity index (χ2v) is 11.3. The molecule has 0 unspecified atom stereocenters. The Morgan fingerprint density at radius 2 is 1.53 bits per heavy atom. The summed E-state index contributed by atoms with van der Waals surface area (Å²) < 4.78 is 5.90. The van der Waals surface area contributed by atoms with Crippen LogP contribution in [-0.4, -0.2) is 17.9 Å². The van der Waals surface area contributed by atoms with Crippen molar-refractivity contribution >= 4 is 11.9 Å². The predicted octanol–water partition coefficient (Wildman–Crippen LogP) is 8.35. The average molecular weight is 460 g/mol. The number of aromatic hydroxyl groups is 1. The summed E-state index contributed by atoms with van der Waals surface area (Å²) in [5, 5.41) is 10.5. The zero-order valence-electron chi connectivity index (χ0n) is 20.8. The Hall–Kier alpha value is -2.29. The maximum Gasteiger partial charge on any atom is 0.141 e. The van der Waals surface area contributed by atoms with Gasteiger partial charge in [-0.1, -0.05) is 45.1 Å². The van der Waals surface area contributed by atoms with Gasteiger partial charge in [-0.2, -0.15) is 0 Å². The molecule has 3 nitrogen and oxygen atoms in total. The molecule has 0 atom stereocenters. The summed E-state index contributed by atoms with van der Waals surface area (Å²) in [6.45, 7) is 3.03. The van der Waals surface area contributed by atoms with Crippen LogP contribution in [0.2, 0.25) is 0 Å². The van der Waals surface area contributed by atoms with Gasteiger partial charge in [0.2, 0.25) is 0 Å². The third kappa shape index (κ3) is 5.34. The van der Waals surface area contributed by atoms with E-state index in [1.807, 2.05) is 36.5 Å². The van der Waals surface area contributed by atoms with Gasteiger partial charge in [-0.05, 0) is 116 Å². The number of unbranched alkanes of at least 4 members (excludes halogenated alkanes) is 5. The van der Waals surface area contributed by atoms with E-state index in [9.17, 15) is 5.11 Å². The molecule has 34 heavy (non-hydrogen) atoms. The minimum absolute atomic E-state index is 0.267. The molecule has 4 bridgehead atoms. The maximum absolute atomic E-state index is 10.5. The zero-order valence-corrected chi connectivity index (χ0v) is 20.8. The van der Waals surface area contributed by atoms with Crippen LogP contribution in [0, 0.1) is 17.8 Å². The first kappa shape index (κ1) is 23.5. The zero-order chi connectivity index (χ0) is 23.4. The fourth-order valence-electron chi connectivity index (χ4n) is 7.29. The van der Waals surface area contributed by atoms with Crippen LogP contribution in [-0.2, 0) is 5.41 Å². The third-order valence-corrected chi connectivity index (χ3v) is 8.63. The van der Waals surface area contributed by atoms with E-state index in [1.165, 1.54) is 76.2 Å². The van der Waals surface area contributed by atoms with Crippen LogP contribution < -0.4 is 4.74 Å². The van der Waals surface area contributed by atoms with Gasteiger partial charge in [-0.25, -0.2) is 0 Å². The van der Waals surface area contributed by atoms with E-state index < -0.39 is 0 Å². The van der Waals surface area contributed by atoms with Crippen molar-refractivity contribution in [2.45, 2.75) is 89.4 Å². The van der Waals surface area contributed by atoms with Gasteiger partial charge in [0, 0.05) is 6.21 Å². The maximum atomic E-state index is 10.5. The molecule has 0 heterocycles. The fraction of sp³-hybridized carbons (Fsp3) is 0.581. The molecule has 4 saturated carbocycles. The van der Waals surface area contributed by atoms with Gasteiger partial charge in [0.05, 0.1) is 6.61 Å². The molecule has 0 amide bonds. The smallest absolute Gasteiger partial charge is 0.141 e. The monoisotopic (exact) mass is 459 g/mol. The molecule has 1 N–H and O–H groups in total. The summed E-state index contributed by atoms with van der Waals surface area (Å²) in [7, 11) is 0. The van der Waals surface area contributed by atoms with Gasteiger partial charge in [0.25, 0.3) is 0 Å². The number of phenolic OH excluding ortho intramolecular Hbond substituents is 1. The number of nitrogens with zero attached hydrogens (tertiary/aromatic N) is 1. The molecule has 4 aliphatic rings. The average Bonchev–Trinajstić information content (AvgIpc) is 2.83. The summed E-state index contributed by atoms with van der Waals surface area (Å²) in [5.41, 5.74) is 3.43. The van der Waals surface area contributed by atoms with Gasteiger partial charge in [0.1, 0.15) is 17.2 Å². The van der Waals surface area contributed by atoms with Crippen molar-refractivity contribution in [2.75, 3.05) is 6.61 Å². The van der Waals surface area contributed by atoms with Crippen LogP contribution in [0.25, 0.3) is 0 Å². The minimum atomic E-state index is 0.267. The molecule has 2 aromatic carbocycles. The fourth-order valence-corrected chi connectivity index (χ4v) is 7.29. The number of phenols is 1. The van der Waals surface area contributed by atoms with Crippen LogP contribution >= 0.6 is 0 Å². The summed E-state index contributed by atoms with van der Waals surface area (Å²) in [6.07, 6.45) is 17.8. The van der Waals surface area contributed by atoms with Crippen LogP contribution in [0.4, 0.5) is 5.69 Å². The Kier molecular flexibility index (Phi) is 7.27. The minimum Gasteiger partial charge on any atom is -0.506 e. The highest BCUT2D eigenvalue weighted by atomic mass is 16.5. The molecule has 3 heteroatoms. The number of rotatable bonds is 11. The highest BCUT2D eigenvalue weighted by molar-refractivity contribution is 5.83. The Morgan fingerprint density at radius 1 is 0.882 bits per heavy atom. The number of ether oxygens (including phenoxy) is 1. The molecular formula is C31H41NO2. The number of hydrogen-bond acceptors (Lipinski definition) is 3. The van der Waals surface area contributed by atoms with E-state index in [4.69, 9.17) is 4.74 Å². The topological polar surface area (TPSA) is 41.8 Å². The molecular weight excluding hydrogens is 418 g/mol. The largest absolute Gasteiger partial charge is 0.506 e. The van der Waals surface area contributed by atoms with Gasteiger partial charge >= 0.3 is 0 Å². The highest BCUT2D eigenvalue weighted by Gasteiger charge is 2.51. The number of hydrogen-bond donors (Lipinski definition) is 1. The molecule has 4 fully saturated rings. The van der Waals surface area contributed by atoms with E-state index in [-0.39, 0.29) is 5.75 Å². The van der Waals surface area contributed by atoms with Crippen molar-refractivity contribution in [3.63, 3.8) is 0 Å². The van der Waals surface area contributed by atoms with Crippen molar-refractivity contribution in [3.05, 3.63) is 53.6 Å². The Balaban J connectivity index is 1.19. The van der Waals surface area contributed by atoms with Crippen LogP contribution in [0.5, 0.6) is 11.5 Å². The molecule has 0 saturated heterocycles. The lowest BCUT2D eigenvalue weighted by Gasteiger charge is -2.57. The van der Waals surface area contributed by atoms with Crippen molar-refractivity contribution in [3.8, 4) is 11.5 Å².